The number of carbonyl (C=O) groups excluding carboxylic acids is 1. The summed E-state index contributed by atoms with van der Waals surface area (Å²) in [5.41, 5.74) is 0. The van der Waals surface area contributed by atoms with Crippen molar-refractivity contribution in [2.45, 2.75) is 45.1 Å². The number of carboxylic acids is 1. The molecule has 2 aliphatic rings. The number of urea groups is 1. The molecule has 1 heterocycles. The Hall–Kier alpha value is -1.30. The molecule has 1 aliphatic carbocycles. The molecular formula is C15H26N2O4. The van der Waals surface area contributed by atoms with E-state index < -0.39 is 5.97 Å². The summed E-state index contributed by atoms with van der Waals surface area (Å²) in [6.07, 6.45) is 4.49. The number of nitrogens with one attached hydrogen (secondary N) is 2. The van der Waals surface area contributed by atoms with Crippen LogP contribution in [0.25, 0.3) is 0 Å². The molecule has 0 aromatic carbocycles. The summed E-state index contributed by atoms with van der Waals surface area (Å²) in [5.74, 6) is -0.525. The summed E-state index contributed by atoms with van der Waals surface area (Å²) in [6.45, 7) is 4.00. The molecule has 1 saturated heterocycles. The molecule has 6 nitrogen and oxygen atoms in total. The van der Waals surface area contributed by atoms with Crippen molar-refractivity contribution in [1.82, 2.24) is 10.6 Å². The molecule has 6 heteroatoms. The Labute approximate surface area is 125 Å². The summed E-state index contributed by atoms with van der Waals surface area (Å²) in [7, 11) is 0. The van der Waals surface area contributed by atoms with Gasteiger partial charge in [-0.05, 0) is 44.4 Å². The highest BCUT2D eigenvalue weighted by Gasteiger charge is 2.33. The Morgan fingerprint density at radius 2 is 1.95 bits per heavy atom. The monoisotopic (exact) mass is 298 g/mol. The largest absolute Gasteiger partial charge is 0.481 e. The Bertz CT molecular complexity index is 369. The topological polar surface area (TPSA) is 87.7 Å². The van der Waals surface area contributed by atoms with Crippen LogP contribution in [0.3, 0.4) is 0 Å². The molecule has 3 N–H and O–H groups in total. The Morgan fingerprint density at radius 3 is 2.62 bits per heavy atom. The van der Waals surface area contributed by atoms with Crippen LogP contribution in [-0.2, 0) is 9.53 Å². The van der Waals surface area contributed by atoms with Gasteiger partial charge in [0.15, 0.2) is 0 Å². The van der Waals surface area contributed by atoms with Crippen LogP contribution in [0.15, 0.2) is 0 Å². The van der Waals surface area contributed by atoms with E-state index in [-0.39, 0.29) is 23.9 Å². The van der Waals surface area contributed by atoms with E-state index in [0.29, 0.717) is 12.5 Å². The standard InChI is InChI=1S/C15H26N2O4/c1-10(11-5-7-21-8-6-11)17-15(20)16-9-12-3-2-4-13(12)14(18)19/h10-13H,2-9H2,1H3,(H,18,19)(H2,16,17,20). The van der Waals surface area contributed by atoms with Crippen LogP contribution < -0.4 is 10.6 Å². The number of hydrogen-bond acceptors (Lipinski definition) is 3. The summed E-state index contributed by atoms with van der Waals surface area (Å²) in [5, 5.41) is 14.9. The normalized spacial score (nSPS) is 28.0. The molecule has 0 spiro atoms. The SMILES string of the molecule is CC(NC(=O)NCC1CCCC1C(=O)O)C1CCOCC1. The lowest BCUT2D eigenvalue weighted by Crippen LogP contribution is -2.46. The van der Waals surface area contributed by atoms with E-state index >= 15 is 0 Å². The molecule has 0 radical (unpaired) electrons. The molecule has 2 rings (SSSR count). The van der Waals surface area contributed by atoms with Crippen molar-refractivity contribution in [3.8, 4) is 0 Å². The van der Waals surface area contributed by atoms with Gasteiger partial charge in [-0.15, -0.1) is 0 Å². The molecular weight excluding hydrogens is 272 g/mol. The molecule has 120 valence electrons. The van der Waals surface area contributed by atoms with E-state index in [2.05, 4.69) is 10.6 Å². The van der Waals surface area contributed by atoms with Gasteiger partial charge in [-0.25, -0.2) is 4.79 Å². The predicted octanol–water partition coefficient (Wildman–Crippen LogP) is 1.60. The van der Waals surface area contributed by atoms with Crippen molar-refractivity contribution in [2.75, 3.05) is 19.8 Å². The minimum Gasteiger partial charge on any atom is -0.481 e. The van der Waals surface area contributed by atoms with Crippen molar-refractivity contribution in [1.29, 1.82) is 0 Å². The van der Waals surface area contributed by atoms with Gasteiger partial charge in [0, 0.05) is 25.8 Å². The van der Waals surface area contributed by atoms with Crippen molar-refractivity contribution < 1.29 is 19.4 Å². The zero-order chi connectivity index (χ0) is 15.2. The van der Waals surface area contributed by atoms with E-state index in [1.54, 1.807) is 0 Å². The predicted molar refractivity (Wildman–Crippen MR) is 78.0 cm³/mol. The lowest BCUT2D eigenvalue weighted by molar-refractivity contribution is -0.142. The average molecular weight is 298 g/mol. The Balaban J connectivity index is 1.70. The zero-order valence-corrected chi connectivity index (χ0v) is 12.6. The van der Waals surface area contributed by atoms with Gasteiger partial charge in [-0.2, -0.15) is 0 Å². The highest BCUT2D eigenvalue weighted by atomic mass is 16.5. The van der Waals surface area contributed by atoms with Crippen molar-refractivity contribution >= 4 is 12.0 Å². The van der Waals surface area contributed by atoms with Crippen LogP contribution in [0.2, 0.25) is 0 Å². The van der Waals surface area contributed by atoms with Crippen LogP contribution in [0.4, 0.5) is 4.79 Å². The summed E-state index contributed by atoms with van der Waals surface area (Å²) in [4.78, 5) is 23.0. The third-order valence-corrected chi connectivity index (χ3v) is 4.83. The number of rotatable bonds is 5. The molecule has 0 aromatic heterocycles. The van der Waals surface area contributed by atoms with Gasteiger partial charge in [0.25, 0.3) is 0 Å². The minimum absolute atomic E-state index is 0.0617. The van der Waals surface area contributed by atoms with Crippen LogP contribution >= 0.6 is 0 Å². The first-order chi connectivity index (χ1) is 10.1. The number of carbonyl (C=O) groups is 2. The molecule has 3 atom stereocenters. The lowest BCUT2D eigenvalue weighted by atomic mass is 9.93. The molecule has 0 aromatic rings. The van der Waals surface area contributed by atoms with Crippen LogP contribution in [0, 0.1) is 17.8 Å². The second-order valence-electron chi connectivity index (χ2n) is 6.23. The first kappa shape index (κ1) is 16.1. The van der Waals surface area contributed by atoms with Crippen molar-refractivity contribution in [3.63, 3.8) is 0 Å². The molecule has 2 fully saturated rings. The minimum atomic E-state index is -0.740. The van der Waals surface area contributed by atoms with E-state index in [0.717, 1.165) is 45.3 Å². The van der Waals surface area contributed by atoms with Crippen LogP contribution in [0.1, 0.15) is 39.0 Å². The average Bonchev–Trinajstić information content (AvgIpc) is 2.94. The van der Waals surface area contributed by atoms with Crippen LogP contribution in [0.5, 0.6) is 0 Å². The first-order valence-electron chi connectivity index (χ1n) is 7.93. The number of aliphatic carboxylic acids is 1. The highest BCUT2D eigenvalue weighted by molar-refractivity contribution is 5.74. The highest BCUT2D eigenvalue weighted by Crippen LogP contribution is 2.31. The maximum atomic E-state index is 11.9. The van der Waals surface area contributed by atoms with Gasteiger partial charge >= 0.3 is 12.0 Å². The fourth-order valence-electron chi connectivity index (χ4n) is 3.42. The second-order valence-corrected chi connectivity index (χ2v) is 6.23. The lowest BCUT2D eigenvalue weighted by Gasteiger charge is -2.28. The smallest absolute Gasteiger partial charge is 0.315 e. The number of amides is 2. The van der Waals surface area contributed by atoms with Gasteiger partial charge < -0.3 is 20.5 Å². The van der Waals surface area contributed by atoms with Gasteiger partial charge in [0.1, 0.15) is 0 Å². The Kier molecular flexibility index (Phi) is 5.85. The van der Waals surface area contributed by atoms with Crippen molar-refractivity contribution in [2.24, 2.45) is 17.8 Å². The first-order valence-corrected chi connectivity index (χ1v) is 7.93. The quantitative estimate of drug-likeness (QED) is 0.719. The number of ether oxygens (including phenoxy) is 1. The van der Waals surface area contributed by atoms with Gasteiger partial charge in [-0.3, -0.25) is 4.79 Å². The van der Waals surface area contributed by atoms with E-state index in [9.17, 15) is 9.59 Å². The third-order valence-electron chi connectivity index (χ3n) is 4.83. The van der Waals surface area contributed by atoms with Crippen molar-refractivity contribution in [3.05, 3.63) is 0 Å². The van der Waals surface area contributed by atoms with Gasteiger partial charge in [0.05, 0.1) is 5.92 Å². The zero-order valence-electron chi connectivity index (χ0n) is 12.6. The molecule has 2 amide bonds. The van der Waals surface area contributed by atoms with E-state index in [4.69, 9.17) is 9.84 Å². The molecule has 3 unspecified atom stereocenters. The molecule has 1 aliphatic heterocycles. The second kappa shape index (κ2) is 7.64. The molecule has 1 saturated carbocycles. The number of carboxylic acid groups (broad SMARTS) is 1. The third kappa shape index (κ3) is 4.59. The molecule has 21 heavy (non-hydrogen) atoms. The fraction of sp³-hybridized carbons (Fsp3) is 0.867. The fourth-order valence-corrected chi connectivity index (χ4v) is 3.42. The maximum absolute atomic E-state index is 11.9. The summed E-state index contributed by atoms with van der Waals surface area (Å²) < 4.78 is 5.32. The summed E-state index contributed by atoms with van der Waals surface area (Å²) in [6, 6.07) is -0.0715. The summed E-state index contributed by atoms with van der Waals surface area (Å²) >= 11 is 0. The molecule has 0 bridgehead atoms. The maximum Gasteiger partial charge on any atom is 0.315 e. The van der Waals surface area contributed by atoms with Crippen LogP contribution in [-0.4, -0.2) is 42.9 Å². The van der Waals surface area contributed by atoms with E-state index in [1.807, 2.05) is 6.92 Å². The van der Waals surface area contributed by atoms with E-state index in [1.165, 1.54) is 0 Å². The Morgan fingerprint density at radius 1 is 1.24 bits per heavy atom. The number of hydrogen-bond donors (Lipinski definition) is 3. The van der Waals surface area contributed by atoms with Gasteiger partial charge in [0.2, 0.25) is 0 Å². The van der Waals surface area contributed by atoms with Gasteiger partial charge in [-0.1, -0.05) is 6.42 Å².